The van der Waals surface area contributed by atoms with Crippen LogP contribution in [-0.4, -0.2) is 29.9 Å². The minimum absolute atomic E-state index is 0.146. The van der Waals surface area contributed by atoms with E-state index in [1.165, 1.54) is 5.56 Å². The third-order valence-electron chi connectivity index (χ3n) is 4.10. The molecule has 2 unspecified atom stereocenters. The van der Waals surface area contributed by atoms with Crippen LogP contribution >= 0.6 is 0 Å². The summed E-state index contributed by atoms with van der Waals surface area (Å²) < 4.78 is 0. The largest absolute Gasteiger partial charge is 0.338 e. The Morgan fingerprint density at radius 1 is 1.42 bits per heavy atom. The van der Waals surface area contributed by atoms with Gasteiger partial charge in [-0.1, -0.05) is 19.1 Å². The van der Waals surface area contributed by atoms with E-state index in [4.69, 9.17) is 5.73 Å². The van der Waals surface area contributed by atoms with Gasteiger partial charge in [-0.25, -0.2) is 0 Å². The van der Waals surface area contributed by atoms with Crippen LogP contribution in [0.1, 0.15) is 42.6 Å². The molecule has 1 aliphatic rings. The van der Waals surface area contributed by atoms with Crippen molar-refractivity contribution in [3.63, 3.8) is 0 Å². The fraction of sp³-hybridized carbons (Fsp3) is 0.562. The second kappa shape index (κ2) is 6.20. The maximum Gasteiger partial charge on any atom is 0.253 e. The molecular weight excluding hydrogens is 236 g/mol. The molecule has 0 bridgehead atoms. The first-order valence-electron chi connectivity index (χ1n) is 7.25. The van der Waals surface area contributed by atoms with Crippen molar-refractivity contribution in [2.24, 2.45) is 11.7 Å². The summed E-state index contributed by atoms with van der Waals surface area (Å²) in [6.45, 7) is 5.81. The molecule has 0 saturated carbocycles. The maximum atomic E-state index is 12.5. The van der Waals surface area contributed by atoms with Gasteiger partial charge in [0.2, 0.25) is 0 Å². The number of rotatable bonds is 3. The van der Waals surface area contributed by atoms with Crippen LogP contribution < -0.4 is 5.73 Å². The lowest BCUT2D eigenvalue weighted by Crippen LogP contribution is -2.45. The van der Waals surface area contributed by atoms with Crippen molar-refractivity contribution in [2.45, 2.75) is 39.2 Å². The Labute approximate surface area is 115 Å². The SMILES string of the molecule is CCc1ccc(C(=O)N2CCCC(C(C)N)C2)cc1. The van der Waals surface area contributed by atoms with Gasteiger partial charge in [-0.15, -0.1) is 0 Å². The molecule has 1 aromatic carbocycles. The number of likely N-dealkylation sites (tertiary alicyclic amines) is 1. The fourth-order valence-corrected chi connectivity index (χ4v) is 2.69. The Morgan fingerprint density at radius 2 is 2.11 bits per heavy atom. The zero-order valence-corrected chi connectivity index (χ0v) is 11.9. The van der Waals surface area contributed by atoms with Crippen LogP contribution in [0.2, 0.25) is 0 Å². The molecule has 104 valence electrons. The van der Waals surface area contributed by atoms with Gasteiger partial charge in [-0.2, -0.15) is 0 Å². The van der Waals surface area contributed by atoms with E-state index in [9.17, 15) is 4.79 Å². The third-order valence-corrected chi connectivity index (χ3v) is 4.10. The van der Waals surface area contributed by atoms with Crippen LogP contribution in [0.25, 0.3) is 0 Å². The first-order chi connectivity index (χ1) is 9.11. The van der Waals surface area contributed by atoms with Crippen LogP contribution in [0, 0.1) is 5.92 Å². The van der Waals surface area contributed by atoms with Crippen molar-refractivity contribution in [2.75, 3.05) is 13.1 Å². The lowest BCUT2D eigenvalue weighted by Gasteiger charge is -2.34. The minimum atomic E-state index is 0.146. The van der Waals surface area contributed by atoms with Crippen molar-refractivity contribution < 1.29 is 4.79 Å². The van der Waals surface area contributed by atoms with Crippen LogP contribution in [0.4, 0.5) is 0 Å². The number of amides is 1. The topological polar surface area (TPSA) is 46.3 Å². The molecule has 1 saturated heterocycles. The van der Waals surface area contributed by atoms with Crippen molar-refractivity contribution in [3.05, 3.63) is 35.4 Å². The summed E-state index contributed by atoms with van der Waals surface area (Å²) in [5.74, 6) is 0.584. The van der Waals surface area contributed by atoms with E-state index >= 15 is 0 Å². The minimum Gasteiger partial charge on any atom is -0.338 e. The molecule has 0 aliphatic carbocycles. The van der Waals surface area contributed by atoms with Crippen molar-refractivity contribution >= 4 is 5.91 Å². The summed E-state index contributed by atoms with van der Waals surface area (Å²) in [5, 5.41) is 0. The van der Waals surface area contributed by atoms with Crippen LogP contribution in [-0.2, 0) is 6.42 Å². The van der Waals surface area contributed by atoms with Gasteiger partial charge in [0.1, 0.15) is 0 Å². The van der Waals surface area contributed by atoms with Gasteiger partial charge in [0.15, 0.2) is 0 Å². The van der Waals surface area contributed by atoms with Crippen molar-refractivity contribution in [1.82, 2.24) is 4.90 Å². The number of benzene rings is 1. The molecule has 1 heterocycles. The zero-order valence-electron chi connectivity index (χ0n) is 11.9. The molecule has 0 radical (unpaired) electrons. The highest BCUT2D eigenvalue weighted by Crippen LogP contribution is 2.20. The molecule has 19 heavy (non-hydrogen) atoms. The Kier molecular flexibility index (Phi) is 4.59. The van der Waals surface area contributed by atoms with Crippen LogP contribution in [0.15, 0.2) is 24.3 Å². The summed E-state index contributed by atoms with van der Waals surface area (Å²) in [6, 6.07) is 8.13. The molecule has 1 fully saturated rings. The van der Waals surface area contributed by atoms with Gasteiger partial charge in [-0.05, 0) is 49.8 Å². The Hall–Kier alpha value is -1.35. The summed E-state index contributed by atoms with van der Waals surface area (Å²) >= 11 is 0. The summed E-state index contributed by atoms with van der Waals surface area (Å²) in [4.78, 5) is 14.4. The van der Waals surface area contributed by atoms with Gasteiger partial charge >= 0.3 is 0 Å². The first kappa shape index (κ1) is 14.1. The lowest BCUT2D eigenvalue weighted by atomic mass is 9.92. The highest BCUT2D eigenvalue weighted by atomic mass is 16.2. The molecular formula is C16H24N2O. The quantitative estimate of drug-likeness (QED) is 0.907. The number of carbonyl (C=O) groups is 1. The summed E-state index contributed by atoms with van der Waals surface area (Å²) in [6.07, 6.45) is 3.20. The number of piperidine rings is 1. The molecule has 1 aliphatic heterocycles. The average Bonchev–Trinajstić information content (AvgIpc) is 2.46. The van der Waals surface area contributed by atoms with Crippen molar-refractivity contribution in [1.29, 1.82) is 0 Å². The monoisotopic (exact) mass is 260 g/mol. The number of nitrogens with two attached hydrogens (primary N) is 1. The van der Waals surface area contributed by atoms with Crippen LogP contribution in [0.5, 0.6) is 0 Å². The lowest BCUT2D eigenvalue weighted by molar-refractivity contribution is 0.0661. The molecule has 1 aromatic rings. The Bertz CT molecular complexity index is 425. The molecule has 0 spiro atoms. The zero-order chi connectivity index (χ0) is 13.8. The van der Waals surface area contributed by atoms with Crippen molar-refractivity contribution in [3.8, 4) is 0 Å². The predicted octanol–water partition coefficient (Wildman–Crippen LogP) is 2.45. The average molecular weight is 260 g/mol. The van der Waals surface area contributed by atoms with E-state index in [-0.39, 0.29) is 11.9 Å². The molecule has 3 heteroatoms. The number of aryl methyl sites for hydroxylation is 1. The van der Waals surface area contributed by atoms with Crippen LogP contribution in [0.3, 0.4) is 0 Å². The maximum absolute atomic E-state index is 12.5. The number of carbonyl (C=O) groups excluding carboxylic acids is 1. The normalized spacial score (nSPS) is 21.2. The van der Waals surface area contributed by atoms with E-state index in [0.29, 0.717) is 5.92 Å². The second-order valence-electron chi connectivity index (χ2n) is 5.56. The molecule has 0 aromatic heterocycles. The molecule has 2 N–H and O–H groups in total. The fourth-order valence-electron chi connectivity index (χ4n) is 2.69. The highest BCUT2D eigenvalue weighted by molar-refractivity contribution is 5.94. The number of nitrogens with zero attached hydrogens (tertiary/aromatic N) is 1. The van der Waals surface area contributed by atoms with Gasteiger partial charge in [0.25, 0.3) is 5.91 Å². The number of hydrogen-bond acceptors (Lipinski definition) is 2. The smallest absolute Gasteiger partial charge is 0.253 e. The second-order valence-corrected chi connectivity index (χ2v) is 5.56. The summed E-state index contributed by atoms with van der Waals surface area (Å²) in [5.41, 5.74) is 8.03. The number of hydrogen-bond donors (Lipinski definition) is 1. The molecule has 2 rings (SSSR count). The van der Waals surface area contributed by atoms with Gasteiger partial charge in [0.05, 0.1) is 0 Å². The van der Waals surface area contributed by atoms with Gasteiger partial charge in [-0.3, -0.25) is 4.79 Å². The van der Waals surface area contributed by atoms with E-state index in [2.05, 4.69) is 6.92 Å². The standard InChI is InChI=1S/C16H24N2O/c1-3-13-6-8-14(9-7-13)16(19)18-10-4-5-15(11-18)12(2)17/h6-9,12,15H,3-5,10-11,17H2,1-2H3. The predicted molar refractivity (Wildman–Crippen MR) is 78.1 cm³/mol. The van der Waals surface area contributed by atoms with E-state index in [0.717, 1.165) is 37.9 Å². The van der Waals surface area contributed by atoms with Gasteiger partial charge < -0.3 is 10.6 Å². The molecule has 1 amide bonds. The molecule has 3 nitrogen and oxygen atoms in total. The Morgan fingerprint density at radius 3 is 2.68 bits per heavy atom. The van der Waals surface area contributed by atoms with E-state index in [1.807, 2.05) is 36.1 Å². The van der Waals surface area contributed by atoms with E-state index in [1.54, 1.807) is 0 Å². The van der Waals surface area contributed by atoms with Gasteiger partial charge in [0, 0.05) is 24.7 Å². The summed E-state index contributed by atoms with van der Waals surface area (Å²) in [7, 11) is 0. The highest BCUT2D eigenvalue weighted by Gasteiger charge is 2.26. The Balaban J connectivity index is 2.05. The first-order valence-corrected chi connectivity index (χ1v) is 7.25. The third kappa shape index (κ3) is 3.35. The molecule has 2 atom stereocenters. The van der Waals surface area contributed by atoms with E-state index < -0.39 is 0 Å².